The molecule has 7 heteroatoms. The fourth-order valence-corrected chi connectivity index (χ4v) is 3.88. The van der Waals surface area contributed by atoms with Gasteiger partial charge in [0.25, 0.3) is 5.91 Å². The lowest BCUT2D eigenvalue weighted by Gasteiger charge is -2.15. The van der Waals surface area contributed by atoms with Crippen molar-refractivity contribution in [3.63, 3.8) is 0 Å². The van der Waals surface area contributed by atoms with E-state index in [0.29, 0.717) is 24.0 Å². The lowest BCUT2D eigenvalue weighted by molar-refractivity contribution is 0.0771. The van der Waals surface area contributed by atoms with Crippen LogP contribution in [-0.2, 0) is 0 Å². The highest BCUT2D eigenvalue weighted by atomic mass is 79.9. The Labute approximate surface area is 151 Å². The largest absolute Gasteiger partial charge is 0.472 e. The Balaban J connectivity index is 1.44. The highest BCUT2D eigenvalue weighted by Crippen LogP contribution is 2.25. The maximum Gasteiger partial charge on any atom is 0.283 e. The number of likely N-dealkylation sites (tertiary alicyclic amines) is 1. The molecule has 1 aliphatic heterocycles. The molecule has 0 bridgehead atoms. The van der Waals surface area contributed by atoms with Crippen LogP contribution in [-0.4, -0.2) is 40.0 Å². The zero-order valence-electron chi connectivity index (χ0n) is 12.7. The van der Waals surface area contributed by atoms with Crippen LogP contribution >= 0.6 is 27.3 Å². The van der Waals surface area contributed by atoms with Gasteiger partial charge in [-0.3, -0.25) is 4.79 Å². The van der Waals surface area contributed by atoms with E-state index in [0.717, 1.165) is 21.1 Å². The van der Waals surface area contributed by atoms with Gasteiger partial charge in [-0.2, -0.15) is 0 Å². The number of aromatic nitrogens is 2. The van der Waals surface area contributed by atoms with Gasteiger partial charge in [-0.25, -0.2) is 9.97 Å². The van der Waals surface area contributed by atoms with Crippen LogP contribution in [0.4, 0.5) is 0 Å². The number of thiazole rings is 1. The Kier molecular flexibility index (Phi) is 4.20. The number of hydrogen-bond donors (Lipinski definition) is 0. The number of para-hydroxylation sites is 1. The SMILES string of the molecule is O=C(c1nc2ccccc2s1)N1CCC(Oc2ccc(Br)cn2)C1. The third kappa shape index (κ3) is 3.14. The van der Waals surface area contributed by atoms with Gasteiger partial charge in [0, 0.05) is 29.7 Å². The number of nitrogens with zero attached hydrogens (tertiary/aromatic N) is 3. The van der Waals surface area contributed by atoms with Crippen LogP contribution in [0, 0.1) is 0 Å². The Morgan fingerprint density at radius 1 is 1.29 bits per heavy atom. The first-order valence-corrected chi connectivity index (χ1v) is 9.23. The van der Waals surface area contributed by atoms with E-state index < -0.39 is 0 Å². The van der Waals surface area contributed by atoms with E-state index in [9.17, 15) is 4.79 Å². The van der Waals surface area contributed by atoms with Gasteiger partial charge in [0.15, 0.2) is 5.01 Å². The van der Waals surface area contributed by atoms with Gasteiger partial charge in [0.2, 0.25) is 5.88 Å². The molecule has 0 saturated carbocycles. The summed E-state index contributed by atoms with van der Waals surface area (Å²) >= 11 is 4.79. The van der Waals surface area contributed by atoms with Gasteiger partial charge in [-0.1, -0.05) is 12.1 Å². The van der Waals surface area contributed by atoms with E-state index in [4.69, 9.17) is 4.74 Å². The lowest BCUT2D eigenvalue weighted by Crippen LogP contribution is -2.30. The second kappa shape index (κ2) is 6.49. The van der Waals surface area contributed by atoms with Gasteiger partial charge in [0.1, 0.15) is 6.10 Å². The first kappa shape index (κ1) is 15.5. The molecule has 1 amide bonds. The summed E-state index contributed by atoms with van der Waals surface area (Å²) in [4.78, 5) is 23.1. The number of fused-ring (bicyclic) bond motifs is 1. The predicted octanol–water partition coefficient (Wildman–Crippen LogP) is 3.75. The summed E-state index contributed by atoms with van der Waals surface area (Å²) < 4.78 is 7.81. The van der Waals surface area contributed by atoms with Gasteiger partial charge in [-0.05, 0) is 34.1 Å². The van der Waals surface area contributed by atoms with Crippen molar-refractivity contribution < 1.29 is 9.53 Å². The molecule has 2 aromatic heterocycles. The second-order valence-electron chi connectivity index (χ2n) is 5.58. The predicted molar refractivity (Wildman–Crippen MR) is 96.5 cm³/mol. The quantitative estimate of drug-likeness (QED) is 0.667. The number of amides is 1. The van der Waals surface area contributed by atoms with E-state index in [-0.39, 0.29) is 12.0 Å². The molecule has 1 aliphatic rings. The van der Waals surface area contributed by atoms with Crippen LogP contribution in [0.5, 0.6) is 5.88 Å². The number of pyridine rings is 1. The van der Waals surface area contributed by atoms with Crippen molar-refractivity contribution >= 4 is 43.4 Å². The monoisotopic (exact) mass is 403 g/mol. The van der Waals surface area contributed by atoms with Crippen molar-refractivity contribution in [2.45, 2.75) is 12.5 Å². The van der Waals surface area contributed by atoms with Crippen LogP contribution in [0.2, 0.25) is 0 Å². The highest BCUT2D eigenvalue weighted by Gasteiger charge is 2.30. The van der Waals surface area contributed by atoms with Crippen molar-refractivity contribution in [2.75, 3.05) is 13.1 Å². The smallest absolute Gasteiger partial charge is 0.283 e. The van der Waals surface area contributed by atoms with Crippen molar-refractivity contribution in [3.8, 4) is 5.88 Å². The lowest BCUT2D eigenvalue weighted by atomic mass is 10.3. The zero-order valence-corrected chi connectivity index (χ0v) is 15.1. The number of carbonyl (C=O) groups excluding carboxylic acids is 1. The third-order valence-corrected chi connectivity index (χ3v) is 5.39. The Bertz CT molecular complexity index is 848. The van der Waals surface area contributed by atoms with Crippen LogP contribution in [0.25, 0.3) is 10.2 Å². The minimum absolute atomic E-state index is 0.0222. The number of benzene rings is 1. The van der Waals surface area contributed by atoms with Gasteiger partial charge >= 0.3 is 0 Å². The van der Waals surface area contributed by atoms with Crippen LogP contribution in [0.1, 0.15) is 16.2 Å². The Hall–Kier alpha value is -1.99. The minimum atomic E-state index is -0.0306. The standard InChI is InChI=1S/C17H14BrN3O2S/c18-11-5-6-15(19-9-11)23-12-7-8-21(10-12)17(22)16-20-13-3-1-2-4-14(13)24-16/h1-6,9,12H,7-8,10H2. The molecule has 0 aliphatic carbocycles. The van der Waals surface area contributed by atoms with Crippen molar-refractivity contribution in [1.82, 2.24) is 14.9 Å². The van der Waals surface area contributed by atoms with Crippen LogP contribution in [0.3, 0.4) is 0 Å². The minimum Gasteiger partial charge on any atom is -0.472 e. The molecule has 4 rings (SSSR count). The summed E-state index contributed by atoms with van der Waals surface area (Å²) in [6, 6.07) is 11.5. The van der Waals surface area contributed by atoms with E-state index in [2.05, 4.69) is 25.9 Å². The number of hydrogen-bond acceptors (Lipinski definition) is 5. The number of ether oxygens (including phenoxy) is 1. The van der Waals surface area contributed by atoms with Crippen LogP contribution in [0.15, 0.2) is 47.1 Å². The van der Waals surface area contributed by atoms with Gasteiger partial charge in [0.05, 0.1) is 16.8 Å². The molecule has 3 heterocycles. The van der Waals surface area contributed by atoms with E-state index in [1.165, 1.54) is 11.3 Å². The molecule has 3 aromatic rings. The molecule has 5 nitrogen and oxygen atoms in total. The maximum absolute atomic E-state index is 12.7. The summed E-state index contributed by atoms with van der Waals surface area (Å²) in [6.07, 6.45) is 2.47. The molecule has 0 N–H and O–H groups in total. The zero-order chi connectivity index (χ0) is 16.5. The number of rotatable bonds is 3. The summed E-state index contributed by atoms with van der Waals surface area (Å²) in [5.74, 6) is 0.559. The Morgan fingerprint density at radius 2 is 2.17 bits per heavy atom. The van der Waals surface area contributed by atoms with E-state index in [1.807, 2.05) is 36.4 Å². The molecule has 1 unspecified atom stereocenters. The van der Waals surface area contributed by atoms with Crippen molar-refractivity contribution in [1.29, 1.82) is 0 Å². The summed E-state index contributed by atoms with van der Waals surface area (Å²) in [5.41, 5.74) is 0.872. The summed E-state index contributed by atoms with van der Waals surface area (Å²) in [5, 5.41) is 0.540. The molecule has 0 spiro atoms. The summed E-state index contributed by atoms with van der Waals surface area (Å²) in [7, 11) is 0. The molecule has 1 aromatic carbocycles. The van der Waals surface area contributed by atoms with Gasteiger partial charge in [-0.15, -0.1) is 11.3 Å². The average molecular weight is 404 g/mol. The average Bonchev–Trinajstić information content (AvgIpc) is 3.23. The molecule has 1 saturated heterocycles. The molecule has 122 valence electrons. The number of carbonyl (C=O) groups is 1. The molecular weight excluding hydrogens is 390 g/mol. The first-order chi connectivity index (χ1) is 11.7. The fourth-order valence-electron chi connectivity index (χ4n) is 2.71. The first-order valence-electron chi connectivity index (χ1n) is 7.62. The molecule has 24 heavy (non-hydrogen) atoms. The van der Waals surface area contributed by atoms with Crippen LogP contribution < -0.4 is 4.74 Å². The van der Waals surface area contributed by atoms with Crippen molar-refractivity contribution in [3.05, 3.63) is 52.1 Å². The highest BCUT2D eigenvalue weighted by molar-refractivity contribution is 9.10. The topological polar surface area (TPSA) is 55.3 Å². The third-order valence-electron chi connectivity index (χ3n) is 3.90. The second-order valence-corrected chi connectivity index (χ2v) is 7.53. The normalized spacial score (nSPS) is 17.4. The number of halogens is 1. The fraction of sp³-hybridized carbons (Fsp3) is 0.235. The van der Waals surface area contributed by atoms with E-state index >= 15 is 0 Å². The molecule has 0 radical (unpaired) electrons. The van der Waals surface area contributed by atoms with Crippen molar-refractivity contribution in [2.24, 2.45) is 0 Å². The van der Waals surface area contributed by atoms with E-state index in [1.54, 1.807) is 11.1 Å². The molecular formula is C17H14BrN3O2S. The molecule has 1 fully saturated rings. The maximum atomic E-state index is 12.7. The molecule has 1 atom stereocenters. The summed E-state index contributed by atoms with van der Waals surface area (Å²) in [6.45, 7) is 1.24. The van der Waals surface area contributed by atoms with Gasteiger partial charge < -0.3 is 9.64 Å². The Morgan fingerprint density at radius 3 is 2.96 bits per heavy atom.